The van der Waals surface area contributed by atoms with Gasteiger partial charge in [-0.3, -0.25) is 4.79 Å². The zero-order valence-corrected chi connectivity index (χ0v) is 17.2. The fourth-order valence-electron chi connectivity index (χ4n) is 4.27. The molecule has 0 spiro atoms. The SMILES string of the molecule is O=C(CCNc1ccc(N2CCCCC2)cc1)N1CCN(c2ccccc2)CC1. The van der Waals surface area contributed by atoms with Crippen LogP contribution in [0.4, 0.5) is 17.1 Å². The second-order valence-corrected chi connectivity index (χ2v) is 7.97. The Hall–Kier alpha value is -2.69. The number of carbonyl (C=O) groups is 1. The first-order valence-electron chi connectivity index (χ1n) is 11.0. The first-order chi connectivity index (χ1) is 14.3. The van der Waals surface area contributed by atoms with E-state index in [1.807, 2.05) is 11.0 Å². The third kappa shape index (κ3) is 5.22. The lowest BCUT2D eigenvalue weighted by atomic mass is 10.1. The Labute approximate surface area is 174 Å². The molecule has 0 radical (unpaired) electrons. The van der Waals surface area contributed by atoms with Crippen molar-refractivity contribution in [2.75, 3.05) is 60.9 Å². The third-order valence-electron chi connectivity index (χ3n) is 6.01. The van der Waals surface area contributed by atoms with Crippen molar-refractivity contribution in [2.45, 2.75) is 25.7 Å². The smallest absolute Gasteiger partial charge is 0.224 e. The normalized spacial score (nSPS) is 17.3. The molecule has 0 bridgehead atoms. The molecule has 2 aliphatic heterocycles. The van der Waals surface area contributed by atoms with E-state index in [4.69, 9.17) is 0 Å². The maximum Gasteiger partial charge on any atom is 0.224 e. The monoisotopic (exact) mass is 392 g/mol. The van der Waals surface area contributed by atoms with Crippen molar-refractivity contribution in [1.82, 2.24) is 4.90 Å². The Morgan fingerprint density at radius 3 is 2.03 bits per heavy atom. The summed E-state index contributed by atoms with van der Waals surface area (Å²) in [5, 5.41) is 3.40. The molecule has 5 heteroatoms. The molecule has 0 unspecified atom stereocenters. The highest BCUT2D eigenvalue weighted by molar-refractivity contribution is 5.77. The van der Waals surface area contributed by atoms with Crippen molar-refractivity contribution in [1.29, 1.82) is 0 Å². The maximum atomic E-state index is 12.6. The van der Waals surface area contributed by atoms with Gasteiger partial charge in [0.1, 0.15) is 0 Å². The van der Waals surface area contributed by atoms with Gasteiger partial charge < -0.3 is 20.0 Å². The van der Waals surface area contributed by atoms with Crippen molar-refractivity contribution >= 4 is 23.0 Å². The van der Waals surface area contributed by atoms with Crippen molar-refractivity contribution < 1.29 is 4.79 Å². The number of piperazine rings is 1. The second-order valence-electron chi connectivity index (χ2n) is 7.97. The van der Waals surface area contributed by atoms with E-state index >= 15 is 0 Å². The molecule has 2 heterocycles. The molecule has 2 saturated heterocycles. The van der Waals surface area contributed by atoms with E-state index in [1.165, 1.54) is 43.7 Å². The topological polar surface area (TPSA) is 38.8 Å². The number of carbonyl (C=O) groups excluding carboxylic acids is 1. The quantitative estimate of drug-likeness (QED) is 0.811. The third-order valence-corrected chi connectivity index (χ3v) is 6.01. The minimum atomic E-state index is 0.246. The van der Waals surface area contributed by atoms with E-state index in [1.54, 1.807) is 0 Å². The highest BCUT2D eigenvalue weighted by atomic mass is 16.2. The van der Waals surface area contributed by atoms with Crippen LogP contribution >= 0.6 is 0 Å². The number of hydrogen-bond acceptors (Lipinski definition) is 4. The minimum Gasteiger partial charge on any atom is -0.385 e. The largest absolute Gasteiger partial charge is 0.385 e. The van der Waals surface area contributed by atoms with Gasteiger partial charge in [0, 0.05) is 69.3 Å². The summed E-state index contributed by atoms with van der Waals surface area (Å²) in [6, 6.07) is 19.1. The average Bonchev–Trinajstić information content (AvgIpc) is 2.81. The first-order valence-corrected chi connectivity index (χ1v) is 11.0. The number of anilines is 3. The lowest BCUT2D eigenvalue weighted by Crippen LogP contribution is -2.49. The van der Waals surface area contributed by atoms with Gasteiger partial charge in [-0.2, -0.15) is 0 Å². The van der Waals surface area contributed by atoms with Gasteiger partial charge in [0.25, 0.3) is 0 Å². The lowest BCUT2D eigenvalue weighted by Gasteiger charge is -2.36. The van der Waals surface area contributed by atoms with Gasteiger partial charge in [-0.05, 0) is 55.7 Å². The van der Waals surface area contributed by atoms with Crippen LogP contribution in [0, 0.1) is 0 Å². The van der Waals surface area contributed by atoms with E-state index in [-0.39, 0.29) is 5.91 Å². The highest BCUT2D eigenvalue weighted by Crippen LogP contribution is 2.22. The Bertz CT molecular complexity index is 763. The van der Waals surface area contributed by atoms with Crippen molar-refractivity contribution in [3.8, 4) is 0 Å². The molecule has 0 aliphatic carbocycles. The number of benzene rings is 2. The Kier molecular flexibility index (Phi) is 6.55. The predicted octanol–water partition coefficient (Wildman–Crippen LogP) is 3.83. The molecule has 0 atom stereocenters. The van der Waals surface area contributed by atoms with Gasteiger partial charge in [0.15, 0.2) is 0 Å². The molecular formula is C24H32N4O. The summed E-state index contributed by atoms with van der Waals surface area (Å²) in [6.45, 7) is 6.43. The molecule has 1 N–H and O–H groups in total. The molecule has 2 fully saturated rings. The van der Waals surface area contributed by atoms with Crippen molar-refractivity contribution in [2.24, 2.45) is 0 Å². The number of rotatable bonds is 6. The standard InChI is InChI=1S/C24H32N4O/c29-24(28-19-17-27(18-20-28)22-7-3-1-4-8-22)13-14-25-21-9-11-23(12-10-21)26-15-5-2-6-16-26/h1,3-4,7-12,25H,2,5-6,13-20H2. The van der Waals surface area contributed by atoms with Crippen LogP contribution in [0.1, 0.15) is 25.7 Å². The number of hydrogen-bond donors (Lipinski definition) is 1. The van der Waals surface area contributed by atoms with E-state index in [9.17, 15) is 4.79 Å². The molecule has 2 aliphatic rings. The van der Waals surface area contributed by atoms with Gasteiger partial charge >= 0.3 is 0 Å². The summed E-state index contributed by atoms with van der Waals surface area (Å²) in [4.78, 5) is 19.4. The van der Waals surface area contributed by atoms with E-state index in [0.29, 0.717) is 13.0 Å². The van der Waals surface area contributed by atoms with Gasteiger partial charge in [0.05, 0.1) is 0 Å². The molecule has 154 valence electrons. The van der Waals surface area contributed by atoms with Crippen LogP contribution < -0.4 is 15.1 Å². The van der Waals surface area contributed by atoms with Crippen LogP contribution in [0.5, 0.6) is 0 Å². The number of piperidine rings is 1. The predicted molar refractivity (Wildman–Crippen MR) is 121 cm³/mol. The first kappa shape index (κ1) is 19.6. The van der Waals surface area contributed by atoms with Crippen LogP contribution in [0.3, 0.4) is 0 Å². The summed E-state index contributed by atoms with van der Waals surface area (Å²) in [6.07, 6.45) is 4.48. The minimum absolute atomic E-state index is 0.246. The highest BCUT2D eigenvalue weighted by Gasteiger charge is 2.20. The molecular weight excluding hydrogens is 360 g/mol. The number of para-hydroxylation sites is 1. The number of amides is 1. The van der Waals surface area contributed by atoms with Crippen molar-refractivity contribution in [3.63, 3.8) is 0 Å². The average molecular weight is 393 g/mol. The fourth-order valence-corrected chi connectivity index (χ4v) is 4.27. The summed E-state index contributed by atoms with van der Waals surface area (Å²) >= 11 is 0. The Morgan fingerprint density at radius 2 is 1.34 bits per heavy atom. The van der Waals surface area contributed by atoms with E-state index in [0.717, 1.165) is 31.9 Å². The maximum absolute atomic E-state index is 12.6. The molecule has 0 aromatic heterocycles. The summed E-state index contributed by atoms with van der Waals surface area (Å²) in [7, 11) is 0. The molecule has 2 aromatic carbocycles. The number of nitrogens with one attached hydrogen (secondary N) is 1. The van der Waals surface area contributed by atoms with Gasteiger partial charge in [-0.1, -0.05) is 18.2 Å². The summed E-state index contributed by atoms with van der Waals surface area (Å²) < 4.78 is 0. The zero-order chi connectivity index (χ0) is 19.9. The number of nitrogens with zero attached hydrogens (tertiary/aromatic N) is 3. The molecule has 2 aromatic rings. The molecule has 1 amide bonds. The van der Waals surface area contributed by atoms with Gasteiger partial charge in [-0.15, -0.1) is 0 Å². The summed E-state index contributed by atoms with van der Waals surface area (Å²) in [5.41, 5.74) is 3.64. The van der Waals surface area contributed by atoms with Crippen LogP contribution in [0.25, 0.3) is 0 Å². The van der Waals surface area contributed by atoms with Crippen LogP contribution in [0.2, 0.25) is 0 Å². The van der Waals surface area contributed by atoms with Crippen LogP contribution in [-0.4, -0.2) is 56.6 Å². The molecule has 4 rings (SSSR count). The van der Waals surface area contributed by atoms with Gasteiger partial charge in [0.2, 0.25) is 5.91 Å². The Morgan fingerprint density at radius 1 is 0.724 bits per heavy atom. The van der Waals surface area contributed by atoms with E-state index < -0.39 is 0 Å². The molecule has 0 saturated carbocycles. The lowest BCUT2D eigenvalue weighted by molar-refractivity contribution is -0.131. The second kappa shape index (κ2) is 9.68. The van der Waals surface area contributed by atoms with Gasteiger partial charge in [-0.25, -0.2) is 0 Å². The molecule has 29 heavy (non-hydrogen) atoms. The summed E-state index contributed by atoms with van der Waals surface area (Å²) in [5.74, 6) is 0.246. The zero-order valence-electron chi connectivity index (χ0n) is 17.2. The van der Waals surface area contributed by atoms with Crippen molar-refractivity contribution in [3.05, 3.63) is 54.6 Å². The van der Waals surface area contributed by atoms with Crippen LogP contribution in [0.15, 0.2) is 54.6 Å². The Balaban J connectivity index is 1.18. The van der Waals surface area contributed by atoms with Crippen LogP contribution in [-0.2, 0) is 4.79 Å². The fraction of sp³-hybridized carbons (Fsp3) is 0.458. The molecule has 5 nitrogen and oxygen atoms in total. The van der Waals surface area contributed by atoms with E-state index in [2.05, 4.69) is 63.6 Å².